The molecule has 0 radical (unpaired) electrons. The van der Waals surface area contributed by atoms with Gasteiger partial charge in [0.2, 0.25) is 0 Å². The molecule has 1 unspecified atom stereocenters. The molecule has 0 bridgehead atoms. The van der Waals surface area contributed by atoms with Crippen molar-refractivity contribution in [1.29, 1.82) is 0 Å². The molecule has 0 aromatic heterocycles. The number of benzene rings is 2. The molecular formula is C26H35O7P. The molecule has 0 heterocycles. The number of esters is 1. The van der Waals surface area contributed by atoms with Crippen molar-refractivity contribution < 1.29 is 33.0 Å². The van der Waals surface area contributed by atoms with Gasteiger partial charge in [-0.2, -0.15) is 0 Å². The van der Waals surface area contributed by atoms with E-state index in [2.05, 4.69) is 0 Å². The zero-order valence-corrected chi connectivity index (χ0v) is 21.9. The van der Waals surface area contributed by atoms with E-state index in [1.807, 2.05) is 53.7 Å². The molecule has 0 spiro atoms. The lowest BCUT2D eigenvalue weighted by molar-refractivity contribution is -0.140. The molecule has 2 aromatic rings. The molecule has 0 amide bonds. The maximum atomic E-state index is 14.0. The van der Waals surface area contributed by atoms with Crippen LogP contribution in [0, 0.1) is 0 Å². The van der Waals surface area contributed by atoms with Crippen molar-refractivity contribution in [1.82, 2.24) is 0 Å². The minimum absolute atomic E-state index is 0.133. The summed E-state index contributed by atoms with van der Waals surface area (Å²) in [5.74, 6) is -1.02. The Morgan fingerprint density at radius 1 is 0.882 bits per heavy atom. The number of rotatable bonds is 9. The second-order valence-electron chi connectivity index (χ2n) is 10.2. The Morgan fingerprint density at radius 3 is 1.97 bits per heavy atom. The third-order valence-electron chi connectivity index (χ3n) is 5.01. The molecule has 0 aliphatic carbocycles. The van der Waals surface area contributed by atoms with E-state index in [0.717, 1.165) is 5.56 Å². The zero-order valence-electron chi connectivity index (χ0n) is 21.0. The van der Waals surface area contributed by atoms with E-state index in [-0.39, 0.29) is 24.2 Å². The number of carboxylic acids is 1. The Labute approximate surface area is 202 Å². The quantitative estimate of drug-likeness (QED) is 0.334. The van der Waals surface area contributed by atoms with Gasteiger partial charge in [-0.1, -0.05) is 71.9 Å². The van der Waals surface area contributed by atoms with Crippen LogP contribution in [0.3, 0.4) is 0 Å². The minimum Gasteiger partial charge on any atom is -0.481 e. The van der Waals surface area contributed by atoms with Crippen LogP contribution in [0.2, 0.25) is 0 Å². The van der Waals surface area contributed by atoms with Crippen molar-refractivity contribution >= 4 is 19.5 Å². The first-order chi connectivity index (χ1) is 15.6. The predicted octanol–water partition coefficient (Wildman–Crippen LogP) is 6.12. The Hall–Kier alpha value is -2.79. The van der Waals surface area contributed by atoms with E-state index >= 15 is 0 Å². The summed E-state index contributed by atoms with van der Waals surface area (Å²) in [6.45, 7) is 13.6. The standard InChI is InChI=1S/C26H35O7P/c1-8-31-24(29)17-34(30,32-21-12-10-9-11-19(21)25(2,3)4)33-22-14-13-18(16-23(27)28)15-20(22)26(5,6)7/h9-15H,8,16-17H2,1-7H3,(H,27,28). The van der Waals surface area contributed by atoms with Gasteiger partial charge in [0, 0.05) is 11.1 Å². The fraction of sp³-hybridized carbons (Fsp3) is 0.462. The summed E-state index contributed by atoms with van der Waals surface area (Å²) in [6.07, 6.45) is -0.723. The molecule has 0 aliphatic heterocycles. The van der Waals surface area contributed by atoms with Gasteiger partial charge in [-0.05, 0) is 35.4 Å². The van der Waals surface area contributed by atoms with Gasteiger partial charge in [0.05, 0.1) is 13.0 Å². The second kappa shape index (κ2) is 10.6. The maximum absolute atomic E-state index is 14.0. The average molecular weight is 491 g/mol. The smallest absolute Gasteiger partial charge is 0.441 e. The fourth-order valence-corrected chi connectivity index (χ4v) is 4.93. The summed E-state index contributed by atoms with van der Waals surface area (Å²) < 4.78 is 31.0. The predicted molar refractivity (Wildman–Crippen MR) is 132 cm³/mol. The number of carboxylic acid groups (broad SMARTS) is 1. The zero-order chi connectivity index (χ0) is 25.7. The third kappa shape index (κ3) is 7.63. The molecule has 0 fully saturated rings. The van der Waals surface area contributed by atoms with Gasteiger partial charge in [-0.15, -0.1) is 0 Å². The Morgan fingerprint density at radius 2 is 1.44 bits per heavy atom. The Kier molecular flexibility index (Phi) is 8.59. The van der Waals surface area contributed by atoms with Crippen LogP contribution in [0.5, 0.6) is 11.5 Å². The maximum Gasteiger partial charge on any atom is 0.441 e. The highest BCUT2D eigenvalue weighted by atomic mass is 31.2. The average Bonchev–Trinajstić information content (AvgIpc) is 2.67. The summed E-state index contributed by atoms with van der Waals surface area (Å²) in [5.41, 5.74) is 1.30. The van der Waals surface area contributed by atoms with Gasteiger partial charge in [-0.25, -0.2) is 4.57 Å². The monoisotopic (exact) mass is 490 g/mol. The van der Waals surface area contributed by atoms with Crippen molar-refractivity contribution in [3.63, 3.8) is 0 Å². The molecule has 2 rings (SSSR count). The molecule has 7 nitrogen and oxygen atoms in total. The van der Waals surface area contributed by atoms with E-state index in [4.69, 9.17) is 13.8 Å². The number of carbonyl (C=O) groups is 2. The third-order valence-corrected chi connectivity index (χ3v) is 6.60. The van der Waals surface area contributed by atoms with Crippen molar-refractivity contribution in [3.8, 4) is 11.5 Å². The number of hydrogen-bond donors (Lipinski definition) is 1. The van der Waals surface area contributed by atoms with Crippen molar-refractivity contribution in [2.24, 2.45) is 0 Å². The summed E-state index contributed by atoms with van der Waals surface area (Å²) in [6, 6.07) is 12.1. The van der Waals surface area contributed by atoms with Crippen LogP contribution in [-0.4, -0.2) is 29.8 Å². The van der Waals surface area contributed by atoms with Crippen molar-refractivity contribution in [2.45, 2.75) is 65.7 Å². The summed E-state index contributed by atoms with van der Waals surface area (Å²) in [7, 11) is -4.08. The Bertz CT molecular complexity index is 1080. The topological polar surface area (TPSA) is 99.1 Å². The van der Waals surface area contributed by atoms with E-state index < -0.39 is 31.1 Å². The normalized spacial score (nSPS) is 13.6. The molecule has 0 saturated heterocycles. The first-order valence-electron chi connectivity index (χ1n) is 11.2. The van der Waals surface area contributed by atoms with E-state index in [9.17, 15) is 19.3 Å². The van der Waals surface area contributed by atoms with Crippen LogP contribution in [-0.2, 0) is 36.1 Å². The highest BCUT2D eigenvalue weighted by molar-refractivity contribution is 7.55. The highest BCUT2D eigenvalue weighted by Gasteiger charge is 2.36. The van der Waals surface area contributed by atoms with Crippen LogP contribution in [0.4, 0.5) is 0 Å². The van der Waals surface area contributed by atoms with Crippen molar-refractivity contribution in [2.75, 3.05) is 12.8 Å². The molecule has 1 atom stereocenters. The van der Waals surface area contributed by atoms with Crippen LogP contribution in [0.15, 0.2) is 42.5 Å². The second-order valence-corrected chi connectivity index (χ2v) is 12.1. The van der Waals surface area contributed by atoms with Crippen LogP contribution >= 0.6 is 7.60 Å². The lowest BCUT2D eigenvalue weighted by Gasteiger charge is -2.28. The van der Waals surface area contributed by atoms with Gasteiger partial charge in [0.15, 0.2) is 6.16 Å². The van der Waals surface area contributed by atoms with E-state index in [1.54, 1.807) is 37.3 Å². The lowest BCUT2D eigenvalue weighted by atomic mass is 9.85. The van der Waals surface area contributed by atoms with Crippen LogP contribution < -0.4 is 9.05 Å². The number of ether oxygens (including phenoxy) is 1. The summed E-state index contributed by atoms with van der Waals surface area (Å²) in [5, 5.41) is 9.17. The van der Waals surface area contributed by atoms with Crippen LogP contribution in [0.25, 0.3) is 0 Å². The fourth-order valence-electron chi connectivity index (χ4n) is 3.44. The molecule has 8 heteroatoms. The molecule has 1 N–H and O–H groups in total. The largest absolute Gasteiger partial charge is 0.481 e. The van der Waals surface area contributed by atoms with E-state index in [0.29, 0.717) is 16.9 Å². The molecule has 2 aromatic carbocycles. The molecule has 0 saturated carbocycles. The SMILES string of the molecule is CCOC(=O)CP(=O)(Oc1ccccc1C(C)(C)C)Oc1ccc(CC(=O)O)cc1C(C)(C)C. The van der Waals surface area contributed by atoms with Crippen LogP contribution in [0.1, 0.15) is 65.2 Å². The number of carbonyl (C=O) groups excluding carboxylic acids is 1. The first-order valence-corrected chi connectivity index (χ1v) is 13.0. The van der Waals surface area contributed by atoms with E-state index in [1.165, 1.54) is 0 Å². The highest BCUT2D eigenvalue weighted by Crippen LogP contribution is 2.52. The summed E-state index contributed by atoms with van der Waals surface area (Å²) >= 11 is 0. The Balaban J connectivity index is 2.55. The molecule has 0 aliphatic rings. The van der Waals surface area contributed by atoms with Gasteiger partial charge in [0.1, 0.15) is 11.5 Å². The molecule has 186 valence electrons. The van der Waals surface area contributed by atoms with Crippen molar-refractivity contribution in [3.05, 3.63) is 59.2 Å². The number of hydrogen-bond acceptors (Lipinski definition) is 6. The number of aliphatic carboxylic acids is 1. The lowest BCUT2D eigenvalue weighted by Crippen LogP contribution is -2.20. The minimum atomic E-state index is -4.08. The molecule has 34 heavy (non-hydrogen) atoms. The van der Waals surface area contributed by atoms with Gasteiger partial charge < -0.3 is 18.9 Å². The molecular weight excluding hydrogens is 455 g/mol. The summed E-state index contributed by atoms with van der Waals surface area (Å²) in [4.78, 5) is 23.6. The van der Waals surface area contributed by atoms with Gasteiger partial charge in [-0.3, -0.25) is 9.59 Å². The first kappa shape index (κ1) is 27.5. The van der Waals surface area contributed by atoms with Gasteiger partial charge in [0.25, 0.3) is 0 Å². The van der Waals surface area contributed by atoms with Gasteiger partial charge >= 0.3 is 19.5 Å². The number of para-hydroxylation sites is 1.